The molecule has 0 radical (unpaired) electrons. The highest BCUT2D eigenvalue weighted by Crippen LogP contribution is 2.57. The van der Waals surface area contributed by atoms with Crippen LogP contribution in [0.3, 0.4) is 0 Å². The summed E-state index contributed by atoms with van der Waals surface area (Å²) in [6.07, 6.45) is 5.35. The SMILES string of the molecule is O=C(NC12CC3CC(CC(O)(C3)C1)C2)OCc1ccccc1. The summed E-state index contributed by atoms with van der Waals surface area (Å²) in [7, 11) is 0. The van der Waals surface area contributed by atoms with Crippen LogP contribution in [0, 0.1) is 11.8 Å². The zero-order chi connectivity index (χ0) is 15.2. The highest BCUT2D eigenvalue weighted by atomic mass is 16.5. The van der Waals surface area contributed by atoms with Gasteiger partial charge in [0.05, 0.1) is 5.60 Å². The maximum Gasteiger partial charge on any atom is 0.407 e. The molecule has 4 heteroatoms. The molecule has 0 heterocycles. The summed E-state index contributed by atoms with van der Waals surface area (Å²) in [6.45, 7) is 0.292. The van der Waals surface area contributed by atoms with Crippen molar-refractivity contribution in [3.8, 4) is 0 Å². The van der Waals surface area contributed by atoms with Gasteiger partial charge in [0.2, 0.25) is 0 Å². The second-order valence-electron chi connectivity index (χ2n) is 7.65. The van der Waals surface area contributed by atoms with E-state index in [1.807, 2.05) is 30.3 Å². The lowest BCUT2D eigenvalue weighted by atomic mass is 9.51. The molecule has 22 heavy (non-hydrogen) atoms. The van der Waals surface area contributed by atoms with Crippen LogP contribution >= 0.6 is 0 Å². The molecule has 0 saturated heterocycles. The zero-order valence-corrected chi connectivity index (χ0v) is 12.8. The molecule has 4 bridgehead atoms. The standard InChI is InChI=1S/C18H23NO3/c20-16(22-11-13-4-2-1-3-5-13)19-17-7-14-6-15(8-17)10-18(21,9-14)12-17/h1-5,14-15,21H,6-12H2,(H,19,20). The number of nitrogens with one attached hydrogen (secondary N) is 1. The molecule has 4 aliphatic rings. The van der Waals surface area contributed by atoms with Gasteiger partial charge in [-0.05, 0) is 55.9 Å². The van der Waals surface area contributed by atoms with Gasteiger partial charge in [-0.15, -0.1) is 0 Å². The van der Waals surface area contributed by atoms with Crippen molar-refractivity contribution < 1.29 is 14.6 Å². The largest absolute Gasteiger partial charge is 0.445 e. The Hall–Kier alpha value is -1.55. The van der Waals surface area contributed by atoms with Crippen LogP contribution in [-0.4, -0.2) is 22.3 Å². The molecule has 0 aromatic heterocycles. The van der Waals surface area contributed by atoms with Crippen molar-refractivity contribution in [2.24, 2.45) is 11.8 Å². The van der Waals surface area contributed by atoms with Gasteiger partial charge in [0.1, 0.15) is 6.61 Å². The van der Waals surface area contributed by atoms with E-state index < -0.39 is 5.60 Å². The lowest BCUT2D eigenvalue weighted by Gasteiger charge is -2.60. The number of hydrogen-bond donors (Lipinski definition) is 2. The van der Waals surface area contributed by atoms with E-state index in [1.54, 1.807) is 0 Å². The van der Waals surface area contributed by atoms with Crippen molar-refractivity contribution in [1.29, 1.82) is 0 Å². The Morgan fingerprint density at radius 1 is 1.18 bits per heavy atom. The van der Waals surface area contributed by atoms with Crippen molar-refractivity contribution >= 4 is 6.09 Å². The van der Waals surface area contributed by atoms with Crippen molar-refractivity contribution in [3.05, 3.63) is 35.9 Å². The minimum absolute atomic E-state index is 0.243. The normalized spacial score (nSPS) is 38.8. The maximum atomic E-state index is 12.2. The first kappa shape index (κ1) is 14.1. The van der Waals surface area contributed by atoms with E-state index in [4.69, 9.17) is 4.74 Å². The van der Waals surface area contributed by atoms with Crippen LogP contribution in [0.5, 0.6) is 0 Å². The topological polar surface area (TPSA) is 58.6 Å². The lowest BCUT2D eigenvalue weighted by molar-refractivity contribution is -0.140. The van der Waals surface area contributed by atoms with Crippen LogP contribution in [0.4, 0.5) is 4.79 Å². The minimum Gasteiger partial charge on any atom is -0.445 e. The van der Waals surface area contributed by atoms with Crippen LogP contribution in [0.1, 0.15) is 44.1 Å². The predicted molar refractivity (Wildman–Crippen MR) is 82.1 cm³/mol. The van der Waals surface area contributed by atoms with Gasteiger partial charge in [-0.25, -0.2) is 4.79 Å². The number of amides is 1. The van der Waals surface area contributed by atoms with Crippen LogP contribution in [0.15, 0.2) is 30.3 Å². The van der Waals surface area contributed by atoms with Crippen LogP contribution in [-0.2, 0) is 11.3 Å². The molecule has 1 aromatic carbocycles. The Balaban J connectivity index is 1.39. The van der Waals surface area contributed by atoms with Gasteiger partial charge in [0.15, 0.2) is 0 Å². The van der Waals surface area contributed by atoms with Gasteiger partial charge in [0.25, 0.3) is 0 Å². The Labute approximate surface area is 130 Å². The van der Waals surface area contributed by atoms with Crippen LogP contribution in [0.25, 0.3) is 0 Å². The monoisotopic (exact) mass is 301 g/mol. The summed E-state index contributed by atoms with van der Waals surface area (Å²) in [5.74, 6) is 1.11. The molecule has 0 spiro atoms. The van der Waals surface area contributed by atoms with E-state index >= 15 is 0 Å². The van der Waals surface area contributed by atoms with Crippen LogP contribution < -0.4 is 5.32 Å². The van der Waals surface area contributed by atoms with Crippen molar-refractivity contribution in [1.82, 2.24) is 5.32 Å². The smallest absolute Gasteiger partial charge is 0.407 e. The van der Waals surface area contributed by atoms with E-state index in [2.05, 4.69) is 5.32 Å². The first-order valence-electron chi connectivity index (χ1n) is 8.26. The van der Waals surface area contributed by atoms with E-state index in [-0.39, 0.29) is 11.6 Å². The Morgan fingerprint density at radius 2 is 1.86 bits per heavy atom. The molecule has 4 nitrogen and oxygen atoms in total. The maximum absolute atomic E-state index is 12.2. The van der Waals surface area contributed by atoms with Crippen molar-refractivity contribution in [2.45, 2.75) is 56.3 Å². The van der Waals surface area contributed by atoms with Crippen LogP contribution in [0.2, 0.25) is 0 Å². The average Bonchev–Trinajstić information content (AvgIpc) is 2.43. The molecule has 2 N–H and O–H groups in total. The number of hydrogen-bond acceptors (Lipinski definition) is 3. The van der Waals surface area contributed by atoms with Gasteiger partial charge < -0.3 is 15.2 Å². The molecule has 4 saturated carbocycles. The van der Waals surface area contributed by atoms with E-state index in [1.165, 1.54) is 6.42 Å². The third-order valence-corrected chi connectivity index (χ3v) is 5.61. The first-order valence-corrected chi connectivity index (χ1v) is 8.26. The second-order valence-corrected chi connectivity index (χ2v) is 7.65. The molecule has 5 rings (SSSR count). The summed E-state index contributed by atoms with van der Waals surface area (Å²) < 4.78 is 5.37. The number of benzene rings is 1. The number of carbonyl (C=O) groups is 1. The fraction of sp³-hybridized carbons (Fsp3) is 0.611. The number of rotatable bonds is 3. The van der Waals surface area contributed by atoms with Crippen molar-refractivity contribution in [2.75, 3.05) is 0 Å². The van der Waals surface area contributed by atoms with E-state index in [9.17, 15) is 9.90 Å². The quantitative estimate of drug-likeness (QED) is 0.902. The number of aliphatic hydroxyl groups is 1. The molecular formula is C18H23NO3. The minimum atomic E-state index is -0.559. The number of alkyl carbamates (subject to hydrolysis) is 1. The third kappa shape index (κ3) is 2.60. The van der Waals surface area contributed by atoms with Gasteiger partial charge in [0, 0.05) is 5.54 Å². The molecular weight excluding hydrogens is 278 g/mol. The summed E-state index contributed by atoms with van der Waals surface area (Å²) in [5, 5.41) is 13.8. The Kier molecular flexibility index (Phi) is 3.19. The molecule has 2 atom stereocenters. The molecule has 118 valence electrons. The van der Waals surface area contributed by atoms with Gasteiger partial charge >= 0.3 is 6.09 Å². The van der Waals surface area contributed by atoms with E-state index in [0.29, 0.717) is 24.9 Å². The first-order chi connectivity index (χ1) is 10.5. The fourth-order valence-electron chi connectivity index (χ4n) is 5.34. The van der Waals surface area contributed by atoms with Gasteiger partial charge in [-0.2, -0.15) is 0 Å². The van der Waals surface area contributed by atoms with Crippen molar-refractivity contribution in [3.63, 3.8) is 0 Å². The summed E-state index contributed by atoms with van der Waals surface area (Å²) in [6, 6.07) is 9.71. The highest BCUT2D eigenvalue weighted by molar-refractivity contribution is 5.68. The summed E-state index contributed by atoms with van der Waals surface area (Å²) in [5.41, 5.74) is 0.186. The molecule has 4 aliphatic carbocycles. The van der Waals surface area contributed by atoms with Gasteiger partial charge in [-0.1, -0.05) is 30.3 Å². The number of carbonyl (C=O) groups excluding carboxylic acids is 1. The predicted octanol–water partition coefficient (Wildman–Crippen LogP) is 3.00. The summed E-state index contributed by atoms with van der Waals surface area (Å²) >= 11 is 0. The molecule has 1 amide bonds. The molecule has 4 fully saturated rings. The molecule has 2 unspecified atom stereocenters. The molecule has 1 aromatic rings. The zero-order valence-electron chi connectivity index (χ0n) is 12.8. The lowest BCUT2D eigenvalue weighted by Crippen LogP contribution is -2.65. The Morgan fingerprint density at radius 3 is 2.50 bits per heavy atom. The molecule has 0 aliphatic heterocycles. The second kappa shape index (κ2) is 4.98. The van der Waals surface area contributed by atoms with E-state index in [0.717, 1.165) is 31.2 Å². The summed E-state index contributed by atoms with van der Waals surface area (Å²) in [4.78, 5) is 12.2. The van der Waals surface area contributed by atoms with Gasteiger partial charge in [-0.3, -0.25) is 0 Å². The third-order valence-electron chi connectivity index (χ3n) is 5.61. The fourth-order valence-corrected chi connectivity index (χ4v) is 5.34. The highest BCUT2D eigenvalue weighted by Gasteiger charge is 2.57. The Bertz CT molecular complexity index is 557. The average molecular weight is 301 g/mol. The number of ether oxygens (including phenoxy) is 1.